The third-order valence-electron chi connectivity index (χ3n) is 1.99. The second-order valence-corrected chi connectivity index (χ2v) is 4.84. The van der Waals surface area contributed by atoms with Crippen molar-refractivity contribution in [1.29, 1.82) is 0 Å². The molecule has 1 unspecified atom stereocenters. The van der Waals surface area contributed by atoms with Gasteiger partial charge in [0, 0.05) is 13.3 Å². The van der Waals surface area contributed by atoms with Crippen molar-refractivity contribution < 1.29 is 48.8 Å². The normalized spacial score (nSPS) is 16.8. The predicted octanol–water partition coefficient (Wildman–Crippen LogP) is 1.69. The van der Waals surface area contributed by atoms with Crippen LogP contribution in [0.15, 0.2) is 0 Å². The Morgan fingerprint density at radius 1 is 1.16 bits per heavy atom. The molecular weight excluding hydrogens is 310 g/mol. The van der Waals surface area contributed by atoms with E-state index in [4.69, 9.17) is 4.55 Å². The lowest BCUT2D eigenvalue weighted by atomic mass is 10.0. The van der Waals surface area contributed by atoms with Crippen LogP contribution in [0.1, 0.15) is 13.3 Å². The Hall–Kier alpha value is -1.04. The molecule has 0 amide bonds. The zero-order chi connectivity index (χ0) is 15.7. The summed E-state index contributed by atoms with van der Waals surface area (Å²) in [4.78, 5) is 10.2. The summed E-state index contributed by atoms with van der Waals surface area (Å²) in [5.74, 6) is -1.18. The molecule has 0 saturated heterocycles. The Bertz CT molecular complexity index is 443. The van der Waals surface area contributed by atoms with E-state index in [0.717, 1.165) is 0 Å². The lowest BCUT2D eigenvalue weighted by molar-refractivity contribution is -0.284. The van der Waals surface area contributed by atoms with E-state index in [2.05, 4.69) is 4.74 Å². The first-order chi connectivity index (χ1) is 8.17. The van der Waals surface area contributed by atoms with Gasteiger partial charge in [-0.05, 0) is 0 Å². The smallest absolute Gasteiger partial charge is 0.429 e. The first-order valence-corrected chi connectivity index (χ1v) is 5.84. The molecule has 0 saturated carbocycles. The molecule has 0 fully saturated rings. The van der Waals surface area contributed by atoms with Gasteiger partial charge in [-0.15, -0.1) is 0 Å². The lowest BCUT2D eigenvalue weighted by Gasteiger charge is -2.32. The third-order valence-corrected chi connectivity index (χ3v) is 2.96. The van der Waals surface area contributed by atoms with E-state index in [-0.39, 0.29) is 0 Å². The van der Waals surface area contributed by atoms with Gasteiger partial charge in [0.1, 0.15) is 0 Å². The number of rotatable bonds is 5. The van der Waals surface area contributed by atoms with Gasteiger partial charge in [-0.1, -0.05) is 0 Å². The highest BCUT2D eigenvalue weighted by Crippen LogP contribution is 2.49. The molecule has 1 N–H and O–H groups in total. The summed E-state index contributed by atoms with van der Waals surface area (Å²) in [6.07, 6.45) is -8.50. The van der Waals surface area contributed by atoms with Crippen LogP contribution in [0.3, 0.4) is 0 Å². The highest BCUT2D eigenvalue weighted by molar-refractivity contribution is 7.87. The number of halogens is 6. The van der Waals surface area contributed by atoms with Crippen LogP contribution in [0.2, 0.25) is 0 Å². The molecule has 0 radical (unpaired) electrons. The first-order valence-electron chi connectivity index (χ1n) is 4.40. The van der Waals surface area contributed by atoms with Crippen LogP contribution in [0.5, 0.6) is 0 Å². The number of carbonyl (C=O) groups excluding carboxylic acids is 1. The number of alkyl halides is 6. The van der Waals surface area contributed by atoms with Crippen LogP contribution in [-0.4, -0.2) is 42.6 Å². The highest BCUT2D eigenvalue weighted by atomic mass is 32.2. The van der Waals surface area contributed by atoms with Gasteiger partial charge in [0.05, 0.1) is 6.61 Å². The molecule has 0 rings (SSSR count). The minimum Gasteiger partial charge on any atom is -0.466 e. The van der Waals surface area contributed by atoms with E-state index in [1.54, 1.807) is 0 Å². The predicted molar refractivity (Wildman–Crippen MR) is 47.6 cm³/mol. The average molecular weight is 318 g/mol. The molecule has 0 aliphatic rings. The van der Waals surface area contributed by atoms with Crippen molar-refractivity contribution in [3.63, 3.8) is 0 Å². The Morgan fingerprint density at radius 2 is 1.58 bits per heavy atom. The molecule has 0 bridgehead atoms. The van der Waals surface area contributed by atoms with E-state index < -0.39 is 46.2 Å². The monoisotopic (exact) mass is 318 g/mol. The van der Waals surface area contributed by atoms with Crippen molar-refractivity contribution in [2.24, 2.45) is 0 Å². The Balaban J connectivity index is 5.51. The average Bonchev–Trinajstić information content (AvgIpc) is 2.12. The van der Waals surface area contributed by atoms with Gasteiger partial charge in [-0.3, -0.25) is 9.35 Å². The van der Waals surface area contributed by atoms with Crippen LogP contribution in [0, 0.1) is 0 Å². The van der Waals surface area contributed by atoms with Gasteiger partial charge in [0.2, 0.25) is 0 Å². The molecule has 12 heteroatoms. The largest absolute Gasteiger partial charge is 0.466 e. The molecule has 19 heavy (non-hydrogen) atoms. The van der Waals surface area contributed by atoms with Crippen LogP contribution >= 0.6 is 0 Å². The second kappa shape index (κ2) is 5.15. The summed E-state index contributed by atoms with van der Waals surface area (Å²) in [5.41, 5.74) is -5.59. The minimum atomic E-state index is -6.66. The molecule has 1 atom stereocenters. The zero-order valence-corrected chi connectivity index (χ0v) is 9.99. The number of hydrogen-bond donors (Lipinski definition) is 1. The third kappa shape index (κ3) is 3.49. The van der Waals surface area contributed by atoms with Crippen molar-refractivity contribution in [2.75, 3.05) is 6.61 Å². The van der Waals surface area contributed by atoms with Gasteiger partial charge in [0.15, 0.2) is 0 Å². The minimum absolute atomic E-state index is 0.717. The summed E-state index contributed by atoms with van der Waals surface area (Å²) in [6.45, 7) is -0.731. The maximum Gasteiger partial charge on any atom is 0.429 e. The van der Waals surface area contributed by atoms with E-state index in [1.165, 1.54) is 0 Å². The molecule has 0 aromatic carbocycles. The number of esters is 1. The summed E-state index contributed by atoms with van der Waals surface area (Å²) in [6, 6.07) is 0. The SMILES string of the molecule is CC(=O)OCCC(F)(C(F)(F)F)C(F)(F)S(=O)(=O)O. The molecule has 0 heterocycles. The summed E-state index contributed by atoms with van der Waals surface area (Å²) < 4.78 is 108. The highest BCUT2D eigenvalue weighted by Gasteiger charge is 2.76. The zero-order valence-electron chi connectivity index (χ0n) is 9.17. The molecule has 114 valence electrons. The standard InChI is InChI=1S/C7H8F6O5S/c1-4(14)18-3-2-5(8,6(9,10)11)7(12,13)19(15,16)17/h2-3H2,1H3,(H,15,16,17). The van der Waals surface area contributed by atoms with Gasteiger partial charge in [0.25, 0.3) is 5.67 Å². The lowest BCUT2D eigenvalue weighted by Crippen LogP contribution is -2.59. The molecule has 0 aromatic heterocycles. The second-order valence-electron chi connectivity index (χ2n) is 3.38. The summed E-state index contributed by atoms with van der Waals surface area (Å²) >= 11 is 0. The number of ether oxygens (including phenoxy) is 1. The quantitative estimate of drug-likeness (QED) is 0.474. The van der Waals surface area contributed by atoms with Crippen LogP contribution < -0.4 is 0 Å². The van der Waals surface area contributed by atoms with Gasteiger partial charge >= 0.3 is 27.5 Å². The van der Waals surface area contributed by atoms with Crippen molar-refractivity contribution in [3.8, 4) is 0 Å². The maximum atomic E-state index is 13.4. The molecule has 0 aromatic rings. The maximum absolute atomic E-state index is 13.4. The molecule has 0 aliphatic carbocycles. The molecule has 5 nitrogen and oxygen atoms in total. The van der Waals surface area contributed by atoms with E-state index >= 15 is 0 Å². The van der Waals surface area contributed by atoms with Crippen molar-refractivity contribution in [2.45, 2.75) is 30.4 Å². The molecular formula is C7H8F6O5S. The fraction of sp³-hybridized carbons (Fsp3) is 0.857. The summed E-state index contributed by atoms with van der Waals surface area (Å²) in [5, 5.41) is -6.14. The van der Waals surface area contributed by atoms with E-state index in [9.17, 15) is 39.6 Å². The van der Waals surface area contributed by atoms with E-state index in [0.29, 0.717) is 6.92 Å². The van der Waals surface area contributed by atoms with Crippen LogP contribution in [0.4, 0.5) is 26.3 Å². The molecule has 0 spiro atoms. The van der Waals surface area contributed by atoms with E-state index in [1.807, 2.05) is 0 Å². The van der Waals surface area contributed by atoms with Crippen LogP contribution in [0.25, 0.3) is 0 Å². The fourth-order valence-electron chi connectivity index (χ4n) is 0.992. The Labute approximate surface area is 103 Å². The fourth-order valence-corrected chi connectivity index (χ4v) is 1.62. The topological polar surface area (TPSA) is 80.7 Å². The number of hydrogen-bond acceptors (Lipinski definition) is 4. The number of carbonyl (C=O) groups is 1. The molecule has 0 aliphatic heterocycles. The Kier molecular flexibility index (Phi) is 4.87. The summed E-state index contributed by atoms with van der Waals surface area (Å²) in [7, 11) is -6.66. The first kappa shape index (κ1) is 18.0. The van der Waals surface area contributed by atoms with Gasteiger partial charge in [-0.25, -0.2) is 4.39 Å². The van der Waals surface area contributed by atoms with Crippen LogP contribution in [-0.2, 0) is 19.6 Å². The van der Waals surface area contributed by atoms with Gasteiger partial charge in [-0.2, -0.15) is 30.4 Å². The van der Waals surface area contributed by atoms with Crippen molar-refractivity contribution in [3.05, 3.63) is 0 Å². The van der Waals surface area contributed by atoms with Crippen molar-refractivity contribution >= 4 is 16.1 Å². The Morgan fingerprint density at radius 3 is 1.84 bits per heavy atom. The van der Waals surface area contributed by atoms with Gasteiger partial charge < -0.3 is 4.74 Å². The van der Waals surface area contributed by atoms with Crippen molar-refractivity contribution in [1.82, 2.24) is 0 Å².